The Morgan fingerprint density at radius 1 is 0.935 bits per heavy atom. The van der Waals surface area contributed by atoms with E-state index in [9.17, 15) is 9.90 Å². The highest BCUT2D eigenvalue weighted by Gasteiger charge is 2.16. The Balaban J connectivity index is 1.95. The lowest BCUT2D eigenvalue weighted by atomic mass is 10.1. The minimum Gasteiger partial charge on any atom is -0.497 e. The summed E-state index contributed by atoms with van der Waals surface area (Å²) in [6.45, 7) is 1.96. The molecule has 1 aromatic heterocycles. The van der Waals surface area contributed by atoms with Gasteiger partial charge in [-0.3, -0.25) is 9.79 Å². The number of aliphatic imine (C=N–C) groups is 1. The molecule has 1 heterocycles. The summed E-state index contributed by atoms with van der Waals surface area (Å²) in [5.74, 6) is 1.01. The number of pyridine rings is 1. The molecule has 3 aromatic carbocycles. The minimum absolute atomic E-state index is 0.182. The van der Waals surface area contributed by atoms with Crippen LogP contribution in [0.2, 0.25) is 0 Å². The number of nitrogens with zero attached hydrogens (tertiary/aromatic N) is 2. The highest BCUT2D eigenvalue weighted by atomic mass is 16.5. The molecule has 0 fully saturated rings. The molecule has 4 aromatic rings. The highest BCUT2D eigenvalue weighted by Crippen LogP contribution is 2.32. The van der Waals surface area contributed by atoms with Gasteiger partial charge in [0, 0.05) is 23.1 Å². The van der Waals surface area contributed by atoms with Gasteiger partial charge in [-0.25, -0.2) is 4.57 Å². The van der Waals surface area contributed by atoms with Gasteiger partial charge in [0.05, 0.1) is 25.5 Å². The number of benzene rings is 3. The van der Waals surface area contributed by atoms with E-state index in [0.29, 0.717) is 39.2 Å². The zero-order chi connectivity index (χ0) is 22.0. The maximum atomic E-state index is 13.2. The average molecular weight is 414 g/mol. The van der Waals surface area contributed by atoms with Crippen LogP contribution in [-0.2, 0) is 0 Å². The van der Waals surface area contributed by atoms with E-state index in [1.807, 2.05) is 25.1 Å². The summed E-state index contributed by atoms with van der Waals surface area (Å²) in [4.78, 5) is 17.7. The second-order valence-electron chi connectivity index (χ2n) is 7.05. The summed E-state index contributed by atoms with van der Waals surface area (Å²) < 4.78 is 12.0. The topological polar surface area (TPSA) is 73.0 Å². The van der Waals surface area contributed by atoms with E-state index in [0.717, 1.165) is 5.56 Å². The quantitative estimate of drug-likeness (QED) is 0.477. The van der Waals surface area contributed by atoms with E-state index in [2.05, 4.69) is 4.99 Å². The number of aromatic nitrogens is 1. The van der Waals surface area contributed by atoms with Crippen molar-refractivity contribution < 1.29 is 14.6 Å². The number of methoxy groups -OCH3 is 2. The van der Waals surface area contributed by atoms with Gasteiger partial charge in [0.25, 0.3) is 5.56 Å². The fraction of sp³-hybridized carbons (Fsp3) is 0.120. The highest BCUT2D eigenvalue weighted by molar-refractivity contribution is 6.02. The number of ether oxygens (including phenoxy) is 2. The summed E-state index contributed by atoms with van der Waals surface area (Å²) in [5.41, 5.74) is 2.31. The third-order valence-corrected chi connectivity index (χ3v) is 5.11. The van der Waals surface area contributed by atoms with E-state index in [-0.39, 0.29) is 11.4 Å². The fourth-order valence-electron chi connectivity index (χ4n) is 3.45. The Kier molecular flexibility index (Phi) is 5.45. The third-order valence-electron chi connectivity index (χ3n) is 5.11. The Morgan fingerprint density at radius 3 is 2.32 bits per heavy atom. The zero-order valence-corrected chi connectivity index (χ0v) is 17.5. The van der Waals surface area contributed by atoms with Crippen molar-refractivity contribution in [3.63, 3.8) is 0 Å². The first-order valence-corrected chi connectivity index (χ1v) is 9.73. The molecule has 0 aliphatic carbocycles. The van der Waals surface area contributed by atoms with Gasteiger partial charge in [-0.05, 0) is 37.3 Å². The molecule has 0 unspecified atom stereocenters. The lowest BCUT2D eigenvalue weighted by Crippen LogP contribution is -2.20. The maximum absolute atomic E-state index is 13.2. The molecular weight excluding hydrogens is 392 g/mol. The van der Waals surface area contributed by atoms with Gasteiger partial charge in [0.15, 0.2) is 0 Å². The SMILES string of the molecule is COc1ccc(OC)c(N=Cc2c(O)n(-c3ccc(C)cc3)c(=O)c3ccccc23)c1. The Bertz CT molecular complexity index is 1340. The van der Waals surface area contributed by atoms with Crippen molar-refractivity contribution in [3.05, 3.63) is 88.2 Å². The molecule has 31 heavy (non-hydrogen) atoms. The Morgan fingerprint density at radius 2 is 1.65 bits per heavy atom. The van der Waals surface area contributed by atoms with E-state index in [1.54, 1.807) is 69.0 Å². The van der Waals surface area contributed by atoms with Gasteiger partial charge < -0.3 is 14.6 Å². The summed E-state index contributed by atoms with van der Waals surface area (Å²) >= 11 is 0. The van der Waals surface area contributed by atoms with Crippen molar-refractivity contribution in [1.82, 2.24) is 4.57 Å². The largest absolute Gasteiger partial charge is 0.497 e. The van der Waals surface area contributed by atoms with Crippen molar-refractivity contribution in [2.45, 2.75) is 6.92 Å². The van der Waals surface area contributed by atoms with Crippen LogP contribution in [0.3, 0.4) is 0 Å². The van der Waals surface area contributed by atoms with E-state index >= 15 is 0 Å². The third kappa shape index (κ3) is 3.75. The van der Waals surface area contributed by atoms with Crippen LogP contribution in [0.25, 0.3) is 16.5 Å². The van der Waals surface area contributed by atoms with Gasteiger partial charge >= 0.3 is 0 Å². The molecule has 0 bridgehead atoms. The molecule has 0 saturated carbocycles. The van der Waals surface area contributed by atoms with Gasteiger partial charge in [-0.1, -0.05) is 35.9 Å². The summed E-state index contributed by atoms with van der Waals surface area (Å²) in [6.07, 6.45) is 1.54. The molecule has 0 spiro atoms. The molecular formula is C25H22N2O4. The van der Waals surface area contributed by atoms with Gasteiger partial charge in [-0.15, -0.1) is 0 Å². The lowest BCUT2D eigenvalue weighted by Gasteiger charge is -2.14. The number of rotatable bonds is 5. The van der Waals surface area contributed by atoms with E-state index in [1.165, 1.54) is 4.57 Å². The average Bonchev–Trinajstić information content (AvgIpc) is 2.80. The smallest absolute Gasteiger partial charge is 0.265 e. The van der Waals surface area contributed by atoms with E-state index in [4.69, 9.17) is 9.47 Å². The molecule has 0 aliphatic rings. The first-order valence-electron chi connectivity index (χ1n) is 9.73. The second-order valence-corrected chi connectivity index (χ2v) is 7.05. The predicted molar refractivity (Wildman–Crippen MR) is 123 cm³/mol. The van der Waals surface area contributed by atoms with Crippen LogP contribution in [-0.4, -0.2) is 30.1 Å². The van der Waals surface area contributed by atoms with Crippen LogP contribution < -0.4 is 15.0 Å². The number of aromatic hydroxyl groups is 1. The van der Waals surface area contributed by atoms with Gasteiger partial charge in [0.1, 0.15) is 17.2 Å². The fourth-order valence-corrected chi connectivity index (χ4v) is 3.45. The Labute approximate surface area is 179 Å². The van der Waals surface area contributed by atoms with Gasteiger partial charge in [-0.2, -0.15) is 0 Å². The van der Waals surface area contributed by atoms with Crippen LogP contribution in [0.5, 0.6) is 17.4 Å². The monoisotopic (exact) mass is 414 g/mol. The summed E-state index contributed by atoms with van der Waals surface area (Å²) in [7, 11) is 3.14. The van der Waals surface area contributed by atoms with Crippen LogP contribution in [0, 0.1) is 6.92 Å². The normalized spacial score (nSPS) is 11.2. The van der Waals surface area contributed by atoms with Gasteiger partial charge in [0.2, 0.25) is 5.88 Å². The number of hydrogen-bond acceptors (Lipinski definition) is 5. The van der Waals surface area contributed by atoms with Crippen molar-refractivity contribution in [3.8, 4) is 23.1 Å². The molecule has 6 nitrogen and oxygen atoms in total. The van der Waals surface area contributed by atoms with Crippen molar-refractivity contribution in [2.75, 3.05) is 14.2 Å². The standard InChI is InChI=1S/C25H22N2O4/c1-16-8-10-17(11-9-16)27-24(28)20-7-5-4-6-19(20)21(25(27)29)15-26-22-14-18(30-2)12-13-23(22)31-3/h4-15,29H,1-3H3. The van der Waals surface area contributed by atoms with Crippen LogP contribution in [0.1, 0.15) is 11.1 Å². The van der Waals surface area contributed by atoms with E-state index < -0.39 is 0 Å². The van der Waals surface area contributed by atoms with Crippen molar-refractivity contribution in [2.24, 2.45) is 4.99 Å². The molecule has 0 amide bonds. The summed E-state index contributed by atoms with van der Waals surface area (Å²) in [5, 5.41) is 12.2. The first-order chi connectivity index (χ1) is 15.0. The molecule has 0 aliphatic heterocycles. The molecule has 156 valence electrons. The van der Waals surface area contributed by atoms with Crippen LogP contribution in [0.4, 0.5) is 5.69 Å². The molecule has 1 N–H and O–H groups in total. The second kappa shape index (κ2) is 8.36. The maximum Gasteiger partial charge on any atom is 0.265 e. The lowest BCUT2D eigenvalue weighted by molar-refractivity contribution is 0.404. The van der Waals surface area contributed by atoms with Crippen molar-refractivity contribution >= 4 is 22.7 Å². The van der Waals surface area contributed by atoms with Crippen molar-refractivity contribution in [1.29, 1.82) is 0 Å². The first kappa shape index (κ1) is 20.2. The molecule has 4 rings (SSSR count). The minimum atomic E-state index is -0.298. The Hall–Kier alpha value is -4.06. The molecule has 0 radical (unpaired) electrons. The summed E-state index contributed by atoms with van der Waals surface area (Å²) in [6, 6.07) is 19.8. The number of aryl methyl sites for hydroxylation is 1. The number of hydrogen-bond donors (Lipinski definition) is 1. The van der Waals surface area contributed by atoms with Crippen LogP contribution in [0.15, 0.2) is 76.5 Å². The van der Waals surface area contributed by atoms with Crippen LogP contribution >= 0.6 is 0 Å². The molecule has 0 saturated heterocycles. The zero-order valence-electron chi connectivity index (χ0n) is 17.5. The number of fused-ring (bicyclic) bond motifs is 1. The molecule has 6 heteroatoms. The predicted octanol–water partition coefficient (Wildman–Crippen LogP) is 4.77. The molecule has 0 atom stereocenters.